The van der Waals surface area contributed by atoms with Crippen molar-refractivity contribution in [3.05, 3.63) is 103 Å². The lowest BCUT2D eigenvalue weighted by molar-refractivity contribution is -0.122. The van der Waals surface area contributed by atoms with Gasteiger partial charge in [-0.2, -0.15) is 0 Å². The van der Waals surface area contributed by atoms with Gasteiger partial charge in [0.05, 0.1) is 9.93 Å². The van der Waals surface area contributed by atoms with Crippen LogP contribution in [0.1, 0.15) is 16.7 Å². The molecule has 32 heavy (non-hydrogen) atoms. The van der Waals surface area contributed by atoms with Crippen LogP contribution in [0, 0.1) is 3.57 Å². The number of ether oxygens (including phenoxy) is 1. The number of carbonyl (C=O) groups excluding carboxylic acids is 2. The monoisotopic (exact) mass is 575 g/mol. The van der Waals surface area contributed by atoms with E-state index < -0.39 is 0 Å². The standard InChI is InChI=1S/C25H19ClINO3S/c26-21-14-19(8-11-22(21)31-16-18-6-9-20(27)10-7-18)15-23-24(29)28(25(30)32-23)13-12-17-4-2-1-3-5-17/h1-11,14-15H,12-13,16H2/b23-15-. The van der Waals surface area contributed by atoms with Crippen LogP contribution in [-0.4, -0.2) is 22.6 Å². The molecular weight excluding hydrogens is 557 g/mol. The summed E-state index contributed by atoms with van der Waals surface area (Å²) in [6.07, 6.45) is 2.33. The minimum atomic E-state index is -0.272. The van der Waals surface area contributed by atoms with E-state index in [0.29, 0.717) is 35.2 Å². The lowest BCUT2D eigenvalue weighted by Gasteiger charge is -2.12. The Kier molecular flexibility index (Phi) is 7.55. The van der Waals surface area contributed by atoms with E-state index in [1.165, 1.54) is 8.47 Å². The van der Waals surface area contributed by atoms with E-state index in [1.54, 1.807) is 18.2 Å². The highest BCUT2D eigenvalue weighted by atomic mass is 127. The zero-order valence-electron chi connectivity index (χ0n) is 17.0. The maximum Gasteiger partial charge on any atom is 0.293 e. The molecule has 162 valence electrons. The zero-order valence-corrected chi connectivity index (χ0v) is 20.7. The summed E-state index contributed by atoms with van der Waals surface area (Å²) in [6.45, 7) is 0.772. The third-order valence-electron chi connectivity index (χ3n) is 4.90. The molecular formula is C25H19ClINO3S. The van der Waals surface area contributed by atoms with Gasteiger partial charge in [-0.3, -0.25) is 14.5 Å². The molecule has 1 heterocycles. The molecule has 1 aliphatic heterocycles. The van der Waals surface area contributed by atoms with Crippen LogP contribution < -0.4 is 4.74 Å². The van der Waals surface area contributed by atoms with Gasteiger partial charge in [-0.1, -0.05) is 60.1 Å². The van der Waals surface area contributed by atoms with E-state index in [9.17, 15) is 9.59 Å². The van der Waals surface area contributed by atoms with E-state index in [-0.39, 0.29) is 11.1 Å². The van der Waals surface area contributed by atoms with Crippen LogP contribution >= 0.6 is 46.0 Å². The van der Waals surface area contributed by atoms with E-state index in [2.05, 4.69) is 22.6 Å². The van der Waals surface area contributed by atoms with Gasteiger partial charge >= 0.3 is 0 Å². The summed E-state index contributed by atoms with van der Waals surface area (Å²) in [5.41, 5.74) is 2.88. The molecule has 1 saturated heterocycles. The molecule has 0 aliphatic carbocycles. The van der Waals surface area contributed by atoms with Gasteiger partial charge in [-0.15, -0.1) is 0 Å². The third-order valence-corrected chi connectivity index (χ3v) is 6.82. The number of imide groups is 1. The summed E-state index contributed by atoms with van der Waals surface area (Å²) in [4.78, 5) is 26.8. The van der Waals surface area contributed by atoms with Gasteiger partial charge in [0.15, 0.2) is 0 Å². The Bertz CT molecular complexity index is 1170. The minimum Gasteiger partial charge on any atom is -0.487 e. The number of halogens is 2. The van der Waals surface area contributed by atoms with E-state index in [0.717, 1.165) is 28.5 Å². The summed E-state index contributed by atoms with van der Waals surface area (Å²) >= 11 is 9.61. The fourth-order valence-corrected chi connectivity index (χ4v) is 4.66. The lowest BCUT2D eigenvalue weighted by atomic mass is 10.1. The number of carbonyl (C=O) groups is 2. The van der Waals surface area contributed by atoms with Crippen molar-refractivity contribution in [2.45, 2.75) is 13.0 Å². The molecule has 1 fully saturated rings. The highest BCUT2D eigenvalue weighted by molar-refractivity contribution is 14.1. The molecule has 2 amide bonds. The first-order chi connectivity index (χ1) is 15.5. The van der Waals surface area contributed by atoms with Crippen LogP contribution in [0.2, 0.25) is 5.02 Å². The maximum atomic E-state index is 12.7. The van der Waals surface area contributed by atoms with E-state index in [4.69, 9.17) is 16.3 Å². The van der Waals surface area contributed by atoms with Crippen molar-refractivity contribution < 1.29 is 14.3 Å². The van der Waals surface area contributed by atoms with Gasteiger partial charge in [0.25, 0.3) is 11.1 Å². The molecule has 4 rings (SSSR count). The van der Waals surface area contributed by atoms with Crippen LogP contribution in [0.4, 0.5) is 4.79 Å². The molecule has 0 N–H and O–H groups in total. The maximum absolute atomic E-state index is 12.7. The average Bonchev–Trinajstić information content (AvgIpc) is 3.06. The fourth-order valence-electron chi connectivity index (χ4n) is 3.20. The predicted molar refractivity (Wildman–Crippen MR) is 138 cm³/mol. The number of nitrogens with zero attached hydrogens (tertiary/aromatic N) is 1. The number of amides is 2. The molecule has 4 nitrogen and oxygen atoms in total. The first kappa shape index (κ1) is 22.9. The summed E-state index contributed by atoms with van der Waals surface area (Å²) < 4.78 is 6.99. The molecule has 0 saturated carbocycles. The molecule has 0 spiro atoms. The molecule has 0 radical (unpaired) electrons. The Balaban J connectivity index is 1.40. The number of benzene rings is 3. The van der Waals surface area contributed by atoms with Crippen molar-refractivity contribution in [2.75, 3.05) is 6.54 Å². The fraction of sp³-hybridized carbons (Fsp3) is 0.120. The number of rotatable bonds is 7. The minimum absolute atomic E-state index is 0.249. The molecule has 0 aromatic heterocycles. The summed E-state index contributed by atoms with van der Waals surface area (Å²) in [7, 11) is 0. The van der Waals surface area contributed by atoms with Crippen molar-refractivity contribution in [3.63, 3.8) is 0 Å². The van der Waals surface area contributed by atoms with E-state index in [1.807, 2.05) is 60.7 Å². The predicted octanol–water partition coefficient (Wildman–Crippen LogP) is 6.80. The normalized spacial score (nSPS) is 14.9. The first-order valence-corrected chi connectivity index (χ1v) is 12.2. The summed E-state index contributed by atoms with van der Waals surface area (Å²) in [6, 6.07) is 23.2. The van der Waals surface area contributed by atoms with Crippen LogP contribution in [0.15, 0.2) is 77.7 Å². The summed E-state index contributed by atoms with van der Waals surface area (Å²) in [5.74, 6) is 0.296. The van der Waals surface area contributed by atoms with Crippen molar-refractivity contribution >= 4 is 63.2 Å². The second-order valence-electron chi connectivity index (χ2n) is 7.17. The van der Waals surface area contributed by atoms with Crippen molar-refractivity contribution in [1.29, 1.82) is 0 Å². The molecule has 3 aromatic carbocycles. The van der Waals surface area contributed by atoms with Crippen LogP contribution in [-0.2, 0) is 17.8 Å². The molecule has 0 atom stereocenters. The second kappa shape index (κ2) is 10.6. The Morgan fingerprint density at radius 3 is 2.44 bits per heavy atom. The largest absolute Gasteiger partial charge is 0.487 e. The van der Waals surface area contributed by atoms with Crippen molar-refractivity contribution in [1.82, 2.24) is 4.90 Å². The van der Waals surface area contributed by atoms with Gasteiger partial charge in [-0.25, -0.2) is 0 Å². The number of hydrogen-bond acceptors (Lipinski definition) is 4. The van der Waals surface area contributed by atoms with Gasteiger partial charge < -0.3 is 4.74 Å². The first-order valence-electron chi connectivity index (χ1n) is 9.96. The van der Waals surface area contributed by atoms with Crippen LogP contribution in [0.3, 0.4) is 0 Å². The van der Waals surface area contributed by atoms with Crippen molar-refractivity contribution in [3.8, 4) is 5.75 Å². The van der Waals surface area contributed by atoms with Gasteiger partial charge in [0.1, 0.15) is 12.4 Å². The summed E-state index contributed by atoms with van der Waals surface area (Å²) in [5, 5.41) is 0.202. The molecule has 7 heteroatoms. The Hall–Kier alpha value is -2.29. The molecule has 3 aromatic rings. The van der Waals surface area contributed by atoms with Gasteiger partial charge in [0, 0.05) is 10.1 Å². The highest BCUT2D eigenvalue weighted by Crippen LogP contribution is 2.34. The average molecular weight is 576 g/mol. The van der Waals surface area contributed by atoms with Gasteiger partial charge in [-0.05, 0) is 87.8 Å². The van der Waals surface area contributed by atoms with Gasteiger partial charge in [0.2, 0.25) is 0 Å². The molecule has 0 bridgehead atoms. The van der Waals surface area contributed by atoms with Crippen molar-refractivity contribution in [2.24, 2.45) is 0 Å². The third kappa shape index (κ3) is 5.74. The van der Waals surface area contributed by atoms with E-state index >= 15 is 0 Å². The Labute approximate surface area is 209 Å². The molecule has 1 aliphatic rings. The Morgan fingerprint density at radius 1 is 0.969 bits per heavy atom. The molecule has 0 unspecified atom stereocenters. The SMILES string of the molecule is O=C1S/C(=C\c2ccc(OCc3ccc(I)cc3)c(Cl)c2)C(=O)N1CCc1ccccc1. The quantitative estimate of drug-likeness (QED) is 0.230. The Morgan fingerprint density at radius 2 is 1.72 bits per heavy atom. The zero-order chi connectivity index (χ0) is 22.5. The number of hydrogen-bond donors (Lipinski definition) is 0. The second-order valence-corrected chi connectivity index (χ2v) is 9.82. The highest BCUT2D eigenvalue weighted by Gasteiger charge is 2.34. The lowest BCUT2D eigenvalue weighted by Crippen LogP contribution is -2.30. The van der Waals surface area contributed by atoms with Crippen LogP contribution in [0.5, 0.6) is 5.75 Å². The smallest absolute Gasteiger partial charge is 0.293 e. The van der Waals surface area contributed by atoms with Crippen LogP contribution in [0.25, 0.3) is 6.08 Å². The number of thioether (sulfide) groups is 1. The topological polar surface area (TPSA) is 46.6 Å².